The molecule has 0 unspecified atom stereocenters. The van der Waals surface area contributed by atoms with Crippen LogP contribution in [0.1, 0.15) is 45.1 Å². The smallest absolute Gasteiger partial charge is 0.317 e. The van der Waals surface area contributed by atoms with E-state index >= 15 is 0 Å². The number of hydrogen-bond donors (Lipinski definition) is 0. The van der Waals surface area contributed by atoms with Gasteiger partial charge < -0.3 is 9.64 Å². The van der Waals surface area contributed by atoms with Gasteiger partial charge in [-0.2, -0.15) is 0 Å². The Morgan fingerprint density at radius 2 is 1.78 bits per heavy atom. The number of ether oxygens (including phenoxy) is 1. The Kier molecular flexibility index (Phi) is 7.22. The molecule has 8 heteroatoms. The highest BCUT2D eigenvalue weighted by molar-refractivity contribution is 8.00. The maximum absolute atomic E-state index is 12.6. The lowest BCUT2D eigenvalue weighted by Crippen LogP contribution is -2.47. The second kappa shape index (κ2) is 9.01. The molecular weight excluding hydrogens is 382 g/mol. The van der Waals surface area contributed by atoms with E-state index in [4.69, 9.17) is 4.74 Å². The van der Waals surface area contributed by atoms with Gasteiger partial charge in [-0.15, -0.1) is 11.3 Å². The zero-order chi connectivity index (χ0) is 20.3. The number of thioether (sulfide) groups is 1. The van der Waals surface area contributed by atoms with E-state index in [0.29, 0.717) is 0 Å². The molecule has 0 fully saturated rings. The topological polar surface area (TPSA) is 72.4 Å². The van der Waals surface area contributed by atoms with Crippen molar-refractivity contribution in [3.63, 3.8) is 0 Å². The lowest BCUT2D eigenvalue weighted by Gasteiger charge is -2.32. The van der Waals surface area contributed by atoms with E-state index in [9.17, 15) is 9.59 Å². The number of aromatic nitrogens is 2. The van der Waals surface area contributed by atoms with Crippen LogP contribution in [0.4, 0.5) is 0 Å². The van der Waals surface area contributed by atoms with Gasteiger partial charge in [-0.05, 0) is 54.0 Å². The van der Waals surface area contributed by atoms with Crippen LogP contribution in [-0.2, 0) is 14.3 Å². The molecule has 0 spiro atoms. The first-order valence-corrected chi connectivity index (χ1v) is 10.8. The van der Waals surface area contributed by atoms with Crippen molar-refractivity contribution in [2.75, 3.05) is 5.75 Å². The summed E-state index contributed by atoms with van der Waals surface area (Å²) in [5.41, 5.74) is 1.14. The van der Waals surface area contributed by atoms with E-state index in [1.54, 1.807) is 23.2 Å². The fraction of sp³-hybridized carbons (Fsp3) is 0.579. The summed E-state index contributed by atoms with van der Waals surface area (Å²) < 4.78 is 5.37. The Labute approximate surface area is 168 Å². The maximum atomic E-state index is 12.6. The Hall–Kier alpha value is -1.67. The molecule has 2 aromatic heterocycles. The molecule has 2 heterocycles. The molecule has 2 aromatic rings. The summed E-state index contributed by atoms with van der Waals surface area (Å²) >= 11 is 2.94. The molecule has 6 nitrogen and oxygen atoms in total. The predicted molar refractivity (Wildman–Crippen MR) is 110 cm³/mol. The molecule has 2 rings (SSSR count). The zero-order valence-corrected chi connectivity index (χ0v) is 18.5. The number of amides is 1. The van der Waals surface area contributed by atoms with Gasteiger partial charge in [-0.25, -0.2) is 9.97 Å². The fourth-order valence-electron chi connectivity index (χ4n) is 2.98. The van der Waals surface area contributed by atoms with Crippen LogP contribution < -0.4 is 0 Å². The number of hydrogen-bond acceptors (Lipinski definition) is 7. The number of aryl methyl sites for hydroxylation is 2. The summed E-state index contributed by atoms with van der Waals surface area (Å²) in [6.07, 6.45) is 0.708. The normalized spacial score (nSPS) is 12.6. The largest absolute Gasteiger partial charge is 0.452 e. The molecule has 0 N–H and O–H groups in total. The van der Waals surface area contributed by atoms with Crippen molar-refractivity contribution in [1.82, 2.24) is 14.9 Å². The van der Waals surface area contributed by atoms with E-state index in [-0.39, 0.29) is 23.7 Å². The third-order valence-electron chi connectivity index (χ3n) is 4.28. The van der Waals surface area contributed by atoms with Gasteiger partial charge in [-0.3, -0.25) is 9.59 Å². The van der Waals surface area contributed by atoms with Gasteiger partial charge in [0, 0.05) is 22.3 Å². The summed E-state index contributed by atoms with van der Waals surface area (Å²) in [5, 5.41) is 1.76. The molecule has 27 heavy (non-hydrogen) atoms. The maximum Gasteiger partial charge on any atom is 0.317 e. The van der Waals surface area contributed by atoms with Crippen molar-refractivity contribution in [3.8, 4) is 0 Å². The first-order chi connectivity index (χ1) is 12.6. The molecule has 1 atom stereocenters. The van der Waals surface area contributed by atoms with Crippen LogP contribution in [0.5, 0.6) is 0 Å². The van der Waals surface area contributed by atoms with Crippen LogP contribution in [-0.4, -0.2) is 50.7 Å². The second-order valence-electron chi connectivity index (χ2n) is 7.00. The van der Waals surface area contributed by atoms with Crippen LogP contribution in [0, 0.1) is 13.8 Å². The van der Waals surface area contributed by atoms with Crippen molar-refractivity contribution in [3.05, 3.63) is 16.8 Å². The van der Waals surface area contributed by atoms with Crippen molar-refractivity contribution in [2.45, 2.75) is 71.7 Å². The molecule has 0 aliphatic rings. The first kappa shape index (κ1) is 21.6. The Morgan fingerprint density at radius 3 is 2.37 bits per heavy atom. The van der Waals surface area contributed by atoms with E-state index in [2.05, 4.69) is 9.97 Å². The van der Waals surface area contributed by atoms with Crippen molar-refractivity contribution < 1.29 is 14.3 Å². The fourth-order valence-corrected chi connectivity index (χ4v) is 4.88. The number of nitrogens with zero attached hydrogens (tertiary/aromatic N) is 3. The Morgan fingerprint density at radius 1 is 1.15 bits per heavy atom. The predicted octanol–water partition coefficient (Wildman–Crippen LogP) is 3.98. The summed E-state index contributed by atoms with van der Waals surface area (Å²) in [7, 11) is 0. The average Bonchev–Trinajstić information content (AvgIpc) is 2.87. The third-order valence-corrected chi connectivity index (χ3v) is 6.36. The van der Waals surface area contributed by atoms with E-state index in [0.717, 1.165) is 20.8 Å². The standard InChI is InChI=1S/C19H27N3O3S2/c1-10(2)22(11(3)4)19(24)13(6)25-15(23)8-26-17-16-12(5)14(7)27-18(16)21-9-20-17/h9-11,13H,8H2,1-7H3/t13-/m1/s1. The summed E-state index contributed by atoms with van der Waals surface area (Å²) in [6, 6.07) is 0.0965. The van der Waals surface area contributed by atoms with Gasteiger partial charge >= 0.3 is 5.97 Å². The Balaban J connectivity index is 2.01. The number of esters is 1. The highest BCUT2D eigenvalue weighted by Gasteiger charge is 2.27. The summed E-state index contributed by atoms with van der Waals surface area (Å²) in [6.45, 7) is 13.5. The molecule has 0 radical (unpaired) electrons. The summed E-state index contributed by atoms with van der Waals surface area (Å²) in [5.74, 6) is -0.502. The highest BCUT2D eigenvalue weighted by atomic mass is 32.2. The van der Waals surface area contributed by atoms with Gasteiger partial charge in [0.1, 0.15) is 16.2 Å². The number of carbonyl (C=O) groups excluding carboxylic acids is 2. The highest BCUT2D eigenvalue weighted by Crippen LogP contribution is 2.34. The van der Waals surface area contributed by atoms with E-state index < -0.39 is 12.1 Å². The van der Waals surface area contributed by atoms with Gasteiger partial charge in [-0.1, -0.05) is 11.8 Å². The molecule has 148 valence electrons. The lowest BCUT2D eigenvalue weighted by atomic mass is 10.2. The zero-order valence-electron chi connectivity index (χ0n) is 16.9. The van der Waals surface area contributed by atoms with Crippen molar-refractivity contribution >= 4 is 45.2 Å². The van der Waals surface area contributed by atoms with Crippen LogP contribution in [0.3, 0.4) is 0 Å². The van der Waals surface area contributed by atoms with Crippen molar-refractivity contribution in [2.24, 2.45) is 0 Å². The van der Waals surface area contributed by atoms with Crippen LogP contribution in [0.15, 0.2) is 11.4 Å². The van der Waals surface area contributed by atoms with E-state index in [1.807, 2.05) is 41.5 Å². The van der Waals surface area contributed by atoms with Crippen LogP contribution in [0.2, 0.25) is 0 Å². The monoisotopic (exact) mass is 409 g/mol. The minimum absolute atomic E-state index is 0.0483. The molecule has 0 saturated carbocycles. The minimum atomic E-state index is -0.807. The second-order valence-corrected chi connectivity index (χ2v) is 9.16. The van der Waals surface area contributed by atoms with Crippen LogP contribution in [0.25, 0.3) is 10.2 Å². The molecule has 0 saturated heterocycles. The van der Waals surface area contributed by atoms with Gasteiger partial charge in [0.05, 0.1) is 5.75 Å². The number of fused-ring (bicyclic) bond motifs is 1. The number of carbonyl (C=O) groups is 2. The number of thiophene rings is 1. The molecular formula is C19H27N3O3S2. The molecule has 0 bridgehead atoms. The average molecular weight is 410 g/mol. The van der Waals surface area contributed by atoms with Gasteiger partial charge in [0.15, 0.2) is 6.10 Å². The van der Waals surface area contributed by atoms with Gasteiger partial charge in [0.2, 0.25) is 0 Å². The quantitative estimate of drug-likeness (QED) is 0.391. The van der Waals surface area contributed by atoms with E-state index in [1.165, 1.54) is 23.0 Å². The Bertz CT molecular complexity index is 825. The van der Waals surface area contributed by atoms with Gasteiger partial charge in [0.25, 0.3) is 5.91 Å². The first-order valence-electron chi connectivity index (χ1n) is 8.98. The molecule has 0 aliphatic carbocycles. The molecule has 1 amide bonds. The van der Waals surface area contributed by atoms with Crippen molar-refractivity contribution in [1.29, 1.82) is 0 Å². The molecule has 0 aromatic carbocycles. The SMILES string of the molecule is Cc1sc2ncnc(SCC(=O)O[C@H](C)C(=O)N(C(C)C)C(C)C)c2c1C. The molecule has 0 aliphatic heterocycles. The number of rotatable bonds is 7. The lowest BCUT2D eigenvalue weighted by molar-refractivity contribution is -0.159. The van der Waals surface area contributed by atoms with Crippen LogP contribution >= 0.6 is 23.1 Å². The summed E-state index contributed by atoms with van der Waals surface area (Å²) in [4.78, 5) is 37.3. The minimum Gasteiger partial charge on any atom is -0.452 e. The third kappa shape index (κ3) is 4.99.